The lowest BCUT2D eigenvalue weighted by Crippen LogP contribution is -2.45. The van der Waals surface area contributed by atoms with Gasteiger partial charge in [0.05, 0.1) is 24.4 Å². The van der Waals surface area contributed by atoms with Gasteiger partial charge in [0.25, 0.3) is 0 Å². The van der Waals surface area contributed by atoms with Gasteiger partial charge >= 0.3 is 11.9 Å². The molecule has 166 valence electrons. The van der Waals surface area contributed by atoms with Gasteiger partial charge in [-0.2, -0.15) is 0 Å². The molecule has 2 aliphatic heterocycles. The van der Waals surface area contributed by atoms with E-state index in [1.54, 1.807) is 13.8 Å². The molecule has 2 bridgehead atoms. The van der Waals surface area contributed by atoms with Crippen molar-refractivity contribution in [2.45, 2.75) is 24.9 Å². The number of hydrogen-bond acceptors (Lipinski definition) is 5. The molecule has 5 nitrogen and oxygen atoms in total. The fraction of sp³-hybridized carbons (Fsp3) is 0.214. The van der Waals surface area contributed by atoms with Crippen molar-refractivity contribution in [2.75, 3.05) is 13.2 Å². The number of nitrogens with one attached hydrogen (secondary N) is 1. The predicted molar refractivity (Wildman–Crippen MR) is 124 cm³/mol. The maximum absolute atomic E-state index is 13.6. The SMILES string of the molecule is CCOC(=O)C1=C(C(=O)OCC)C2(c3ccccc3)NC1(c1ccccc1)c1ccccc12. The number of esters is 2. The number of carbonyl (C=O) groups excluding carboxylic acids is 2. The van der Waals surface area contributed by atoms with Crippen LogP contribution in [0.4, 0.5) is 0 Å². The van der Waals surface area contributed by atoms with Crippen molar-refractivity contribution in [1.29, 1.82) is 0 Å². The highest BCUT2D eigenvalue weighted by Gasteiger charge is 2.67. The van der Waals surface area contributed by atoms with E-state index in [1.807, 2.05) is 84.9 Å². The van der Waals surface area contributed by atoms with Gasteiger partial charge < -0.3 is 9.47 Å². The topological polar surface area (TPSA) is 64.6 Å². The third-order valence-electron chi connectivity index (χ3n) is 6.48. The molecule has 2 aliphatic rings. The largest absolute Gasteiger partial charge is 0.463 e. The molecule has 1 N–H and O–H groups in total. The lowest BCUT2D eigenvalue weighted by Gasteiger charge is -2.32. The Morgan fingerprint density at radius 3 is 1.36 bits per heavy atom. The number of fused-ring (bicyclic) bond motifs is 5. The quantitative estimate of drug-likeness (QED) is 0.583. The monoisotopic (exact) mass is 439 g/mol. The highest BCUT2D eigenvalue weighted by molar-refractivity contribution is 6.08. The van der Waals surface area contributed by atoms with Gasteiger partial charge in [-0.3, -0.25) is 5.32 Å². The molecule has 0 aliphatic carbocycles. The fourth-order valence-corrected chi connectivity index (χ4v) is 5.36. The Bertz CT molecular complexity index is 1150. The second-order valence-electron chi connectivity index (χ2n) is 8.09. The Morgan fingerprint density at radius 2 is 1.00 bits per heavy atom. The first-order valence-corrected chi connectivity index (χ1v) is 11.2. The van der Waals surface area contributed by atoms with E-state index in [-0.39, 0.29) is 24.4 Å². The van der Waals surface area contributed by atoms with Crippen molar-refractivity contribution in [2.24, 2.45) is 0 Å². The minimum absolute atomic E-state index is 0.198. The molecule has 0 aromatic heterocycles. The number of rotatable bonds is 6. The lowest BCUT2D eigenvalue weighted by atomic mass is 9.68. The predicted octanol–water partition coefficient (Wildman–Crippen LogP) is 4.21. The summed E-state index contributed by atoms with van der Waals surface area (Å²) in [6.45, 7) is 3.92. The molecule has 5 heteroatoms. The van der Waals surface area contributed by atoms with Crippen LogP contribution in [0.5, 0.6) is 0 Å². The Morgan fingerprint density at radius 1 is 0.636 bits per heavy atom. The van der Waals surface area contributed by atoms with Gasteiger partial charge in [0.1, 0.15) is 11.1 Å². The molecular formula is C28H25NO4. The second kappa shape index (κ2) is 8.01. The summed E-state index contributed by atoms with van der Waals surface area (Å²) in [5.41, 5.74) is 2.04. The van der Waals surface area contributed by atoms with Crippen LogP contribution in [0.3, 0.4) is 0 Å². The molecule has 3 aromatic carbocycles. The van der Waals surface area contributed by atoms with Gasteiger partial charge in [-0.25, -0.2) is 9.59 Å². The zero-order valence-corrected chi connectivity index (χ0v) is 18.6. The summed E-state index contributed by atoms with van der Waals surface area (Å²) in [5, 5.41) is 3.76. The minimum atomic E-state index is -1.05. The van der Waals surface area contributed by atoms with Gasteiger partial charge in [0.2, 0.25) is 0 Å². The van der Waals surface area contributed by atoms with Gasteiger partial charge in [0.15, 0.2) is 0 Å². The van der Waals surface area contributed by atoms with E-state index in [0.29, 0.717) is 0 Å². The van der Waals surface area contributed by atoms with Crippen molar-refractivity contribution >= 4 is 11.9 Å². The summed E-state index contributed by atoms with van der Waals surface area (Å²) in [4.78, 5) is 27.2. The summed E-state index contributed by atoms with van der Waals surface area (Å²) >= 11 is 0. The van der Waals surface area contributed by atoms with E-state index >= 15 is 0 Å². The summed E-state index contributed by atoms with van der Waals surface area (Å²) in [6.07, 6.45) is 0. The third kappa shape index (κ3) is 2.82. The van der Waals surface area contributed by atoms with E-state index in [9.17, 15) is 9.59 Å². The number of hydrogen-bond donors (Lipinski definition) is 1. The third-order valence-corrected chi connectivity index (χ3v) is 6.48. The maximum Gasteiger partial charge on any atom is 0.337 e. The standard InChI is InChI=1S/C28H25NO4/c1-3-32-25(30)23-24(26(31)33-4-2)28(20-15-9-6-10-16-20)22-18-12-11-17-21(22)27(23,29-28)19-13-7-5-8-14-19/h5-18,29H,3-4H2,1-2H3. The molecule has 2 heterocycles. The van der Waals surface area contributed by atoms with Crippen LogP contribution in [0.15, 0.2) is 96.1 Å². The molecule has 0 saturated heterocycles. The molecule has 0 radical (unpaired) electrons. The van der Waals surface area contributed by atoms with Gasteiger partial charge in [-0.1, -0.05) is 84.9 Å². The Hall–Kier alpha value is -3.70. The first-order chi connectivity index (χ1) is 16.1. The molecule has 2 atom stereocenters. The molecule has 5 rings (SSSR count). The molecule has 0 amide bonds. The summed E-state index contributed by atoms with van der Waals surface area (Å²) < 4.78 is 11.1. The molecule has 33 heavy (non-hydrogen) atoms. The molecule has 3 aromatic rings. The van der Waals surface area contributed by atoms with E-state index < -0.39 is 23.0 Å². The second-order valence-corrected chi connectivity index (χ2v) is 8.09. The van der Waals surface area contributed by atoms with Crippen LogP contribution in [0.25, 0.3) is 0 Å². The zero-order chi connectivity index (χ0) is 23.1. The Balaban J connectivity index is 1.94. The molecular weight excluding hydrogens is 414 g/mol. The molecule has 0 saturated carbocycles. The summed E-state index contributed by atoms with van der Waals surface area (Å²) in [5.74, 6) is -1.05. The fourth-order valence-electron chi connectivity index (χ4n) is 5.36. The lowest BCUT2D eigenvalue weighted by molar-refractivity contribution is -0.142. The molecule has 0 fully saturated rings. The average Bonchev–Trinajstić information content (AvgIpc) is 3.35. The summed E-state index contributed by atoms with van der Waals surface area (Å²) in [6, 6.07) is 27.4. The first-order valence-electron chi connectivity index (χ1n) is 11.2. The van der Waals surface area contributed by atoms with Crippen molar-refractivity contribution < 1.29 is 19.1 Å². The first kappa shape index (κ1) is 21.2. The van der Waals surface area contributed by atoms with Gasteiger partial charge in [0, 0.05) is 0 Å². The number of benzene rings is 3. The van der Waals surface area contributed by atoms with Crippen LogP contribution in [0, 0.1) is 0 Å². The van der Waals surface area contributed by atoms with Crippen molar-refractivity contribution in [1.82, 2.24) is 5.32 Å². The van der Waals surface area contributed by atoms with Crippen LogP contribution in [-0.4, -0.2) is 25.2 Å². The minimum Gasteiger partial charge on any atom is -0.463 e. The van der Waals surface area contributed by atoms with Crippen molar-refractivity contribution in [3.8, 4) is 0 Å². The molecule has 0 spiro atoms. The van der Waals surface area contributed by atoms with Crippen LogP contribution >= 0.6 is 0 Å². The van der Waals surface area contributed by atoms with Crippen LogP contribution in [0.2, 0.25) is 0 Å². The number of ether oxygens (including phenoxy) is 2. The Kier molecular flexibility index (Phi) is 5.14. The summed E-state index contributed by atoms with van der Waals surface area (Å²) in [7, 11) is 0. The van der Waals surface area contributed by atoms with E-state index in [1.165, 1.54) is 0 Å². The normalized spacial score (nSPS) is 22.7. The van der Waals surface area contributed by atoms with Crippen molar-refractivity contribution in [3.05, 3.63) is 118 Å². The van der Waals surface area contributed by atoms with Crippen LogP contribution < -0.4 is 5.32 Å². The Labute approximate surface area is 193 Å². The maximum atomic E-state index is 13.6. The highest BCUT2D eigenvalue weighted by Crippen LogP contribution is 2.61. The van der Waals surface area contributed by atoms with Crippen molar-refractivity contribution in [3.63, 3.8) is 0 Å². The van der Waals surface area contributed by atoms with E-state index in [0.717, 1.165) is 22.3 Å². The smallest absolute Gasteiger partial charge is 0.337 e. The van der Waals surface area contributed by atoms with Gasteiger partial charge in [-0.05, 0) is 36.1 Å². The van der Waals surface area contributed by atoms with E-state index in [2.05, 4.69) is 5.32 Å². The van der Waals surface area contributed by atoms with Crippen LogP contribution in [-0.2, 0) is 30.1 Å². The van der Waals surface area contributed by atoms with E-state index in [4.69, 9.17) is 9.47 Å². The highest BCUT2D eigenvalue weighted by atomic mass is 16.5. The van der Waals surface area contributed by atoms with Crippen LogP contribution in [0.1, 0.15) is 36.1 Å². The zero-order valence-electron chi connectivity index (χ0n) is 18.6. The molecule has 2 unspecified atom stereocenters. The number of carbonyl (C=O) groups is 2. The average molecular weight is 440 g/mol. The van der Waals surface area contributed by atoms with Gasteiger partial charge in [-0.15, -0.1) is 0 Å².